The molecule has 0 aromatic carbocycles. The van der Waals surface area contributed by atoms with E-state index in [9.17, 15) is 9.59 Å². The van der Waals surface area contributed by atoms with Crippen LogP contribution in [-0.4, -0.2) is 64.0 Å². The predicted molar refractivity (Wildman–Crippen MR) is 111 cm³/mol. The lowest BCUT2D eigenvalue weighted by Gasteiger charge is -2.40. The number of nitrogens with zero attached hydrogens (tertiary/aromatic N) is 4. The van der Waals surface area contributed by atoms with E-state index in [2.05, 4.69) is 34.3 Å². The molecule has 2 amide bonds. The zero-order valence-corrected chi connectivity index (χ0v) is 18.0. The third-order valence-electron chi connectivity index (χ3n) is 5.62. The maximum atomic E-state index is 12.5. The van der Waals surface area contributed by atoms with Crippen LogP contribution in [0.15, 0.2) is 0 Å². The summed E-state index contributed by atoms with van der Waals surface area (Å²) in [5.41, 5.74) is 0. The first kappa shape index (κ1) is 21.2. The average Bonchev–Trinajstić information content (AvgIpc) is 3.13. The fraction of sp³-hybridized carbons (Fsp3) is 0.800. The van der Waals surface area contributed by atoms with Crippen LogP contribution in [0.1, 0.15) is 63.8 Å². The summed E-state index contributed by atoms with van der Waals surface area (Å²) in [5.74, 6) is 0.422. The highest BCUT2D eigenvalue weighted by Gasteiger charge is 2.27. The molecule has 8 heteroatoms. The standard InChI is InChI=1S/C20H33N5O2S/c1-15(2)14-18-22-23-20(28-18)21-17(26)8-9-19(27)25-12-10-24(11-13-25)16-6-4-3-5-7-16/h15-16H,3-14H2,1-2H3,(H,21,23,26). The number of amides is 2. The number of carbonyl (C=O) groups is 2. The van der Waals surface area contributed by atoms with Gasteiger partial charge in [0.15, 0.2) is 0 Å². The van der Waals surface area contributed by atoms with E-state index >= 15 is 0 Å². The molecule has 1 N–H and O–H groups in total. The third-order valence-corrected chi connectivity index (χ3v) is 6.48. The summed E-state index contributed by atoms with van der Waals surface area (Å²) in [6.45, 7) is 7.75. The monoisotopic (exact) mass is 407 g/mol. The van der Waals surface area contributed by atoms with E-state index in [4.69, 9.17) is 0 Å². The molecule has 28 heavy (non-hydrogen) atoms. The second-order valence-corrected chi connectivity index (χ2v) is 9.42. The Hall–Kier alpha value is -1.54. The molecular weight excluding hydrogens is 374 g/mol. The molecule has 0 spiro atoms. The number of piperazine rings is 1. The van der Waals surface area contributed by atoms with Crippen molar-refractivity contribution in [3.05, 3.63) is 5.01 Å². The van der Waals surface area contributed by atoms with Crippen LogP contribution in [0.4, 0.5) is 5.13 Å². The Labute approximate surface area is 171 Å². The van der Waals surface area contributed by atoms with E-state index in [1.165, 1.54) is 43.4 Å². The van der Waals surface area contributed by atoms with Crippen molar-refractivity contribution in [2.75, 3.05) is 31.5 Å². The van der Waals surface area contributed by atoms with Crippen molar-refractivity contribution in [3.8, 4) is 0 Å². The minimum Gasteiger partial charge on any atom is -0.340 e. The SMILES string of the molecule is CC(C)Cc1nnc(NC(=O)CCC(=O)N2CCN(C3CCCCC3)CC2)s1. The van der Waals surface area contributed by atoms with E-state index in [-0.39, 0.29) is 24.7 Å². The van der Waals surface area contributed by atoms with E-state index in [0.29, 0.717) is 17.1 Å². The fourth-order valence-corrected chi connectivity index (χ4v) is 5.05. The van der Waals surface area contributed by atoms with Crippen LogP contribution >= 0.6 is 11.3 Å². The molecule has 3 rings (SSSR count). The summed E-state index contributed by atoms with van der Waals surface area (Å²) < 4.78 is 0. The molecule has 1 aliphatic heterocycles. The van der Waals surface area contributed by atoms with E-state index in [1.54, 1.807) is 0 Å². The highest BCUT2D eigenvalue weighted by molar-refractivity contribution is 7.15. The summed E-state index contributed by atoms with van der Waals surface area (Å²) in [7, 11) is 0. The highest BCUT2D eigenvalue weighted by atomic mass is 32.1. The molecular formula is C20H33N5O2S. The summed E-state index contributed by atoms with van der Waals surface area (Å²) >= 11 is 1.41. The highest BCUT2D eigenvalue weighted by Crippen LogP contribution is 2.23. The van der Waals surface area contributed by atoms with Gasteiger partial charge in [-0.25, -0.2) is 0 Å². The minimum atomic E-state index is -0.165. The van der Waals surface area contributed by atoms with Crippen LogP contribution in [0.5, 0.6) is 0 Å². The van der Waals surface area contributed by atoms with Crippen LogP contribution in [0.3, 0.4) is 0 Å². The van der Waals surface area contributed by atoms with Gasteiger partial charge in [-0.3, -0.25) is 14.5 Å². The van der Waals surface area contributed by atoms with Gasteiger partial charge in [-0.1, -0.05) is 44.4 Å². The normalized spacial score (nSPS) is 19.2. The number of carbonyl (C=O) groups excluding carboxylic acids is 2. The van der Waals surface area contributed by atoms with E-state index in [0.717, 1.165) is 37.6 Å². The van der Waals surface area contributed by atoms with Crippen molar-refractivity contribution in [1.29, 1.82) is 0 Å². The molecule has 2 fully saturated rings. The Bertz CT molecular complexity index is 649. The molecule has 156 valence electrons. The summed E-state index contributed by atoms with van der Waals surface area (Å²) in [6.07, 6.45) is 7.97. The molecule has 1 aromatic rings. The second kappa shape index (κ2) is 10.3. The molecule has 0 unspecified atom stereocenters. The van der Waals surface area contributed by atoms with Crippen LogP contribution in [0.2, 0.25) is 0 Å². The maximum Gasteiger partial charge on any atom is 0.226 e. The van der Waals surface area contributed by atoms with Gasteiger partial charge in [0.1, 0.15) is 5.01 Å². The number of rotatable bonds is 7. The molecule has 1 aliphatic carbocycles. The van der Waals surface area contributed by atoms with Gasteiger partial charge >= 0.3 is 0 Å². The topological polar surface area (TPSA) is 78.4 Å². The van der Waals surface area contributed by atoms with Gasteiger partial charge in [-0.2, -0.15) is 0 Å². The smallest absolute Gasteiger partial charge is 0.226 e. The zero-order valence-electron chi connectivity index (χ0n) is 17.2. The van der Waals surface area contributed by atoms with Crippen LogP contribution in [-0.2, 0) is 16.0 Å². The van der Waals surface area contributed by atoms with Gasteiger partial charge in [0.2, 0.25) is 16.9 Å². The lowest BCUT2D eigenvalue weighted by atomic mass is 9.94. The first-order chi connectivity index (χ1) is 13.5. The van der Waals surface area contributed by atoms with Gasteiger partial charge in [0.25, 0.3) is 0 Å². The summed E-state index contributed by atoms with van der Waals surface area (Å²) in [4.78, 5) is 29.1. The van der Waals surface area contributed by atoms with Crippen molar-refractivity contribution in [3.63, 3.8) is 0 Å². The van der Waals surface area contributed by atoms with Crippen LogP contribution in [0, 0.1) is 5.92 Å². The molecule has 1 saturated carbocycles. The number of aromatic nitrogens is 2. The minimum absolute atomic E-state index is 0.0798. The van der Waals surface area contributed by atoms with Gasteiger partial charge in [0.05, 0.1) is 0 Å². The maximum absolute atomic E-state index is 12.5. The van der Waals surface area contributed by atoms with Crippen molar-refractivity contribution in [2.24, 2.45) is 5.92 Å². The number of hydrogen-bond donors (Lipinski definition) is 1. The Morgan fingerprint density at radius 3 is 2.46 bits per heavy atom. The Balaban J connectivity index is 1.36. The Kier molecular flexibility index (Phi) is 7.79. The lowest BCUT2D eigenvalue weighted by molar-refractivity contribution is -0.134. The van der Waals surface area contributed by atoms with Crippen LogP contribution in [0.25, 0.3) is 0 Å². The lowest BCUT2D eigenvalue weighted by Crippen LogP contribution is -2.52. The number of hydrogen-bond acceptors (Lipinski definition) is 6. The summed E-state index contributed by atoms with van der Waals surface area (Å²) in [5, 5.41) is 12.3. The molecule has 1 aromatic heterocycles. The Morgan fingerprint density at radius 1 is 1.07 bits per heavy atom. The Morgan fingerprint density at radius 2 is 1.79 bits per heavy atom. The van der Waals surface area contributed by atoms with Gasteiger partial charge in [-0.15, -0.1) is 10.2 Å². The van der Waals surface area contributed by atoms with Crippen molar-refractivity contribution in [2.45, 2.75) is 71.3 Å². The summed E-state index contributed by atoms with van der Waals surface area (Å²) in [6, 6.07) is 0.712. The molecule has 0 bridgehead atoms. The predicted octanol–water partition coefficient (Wildman–Crippen LogP) is 2.93. The fourth-order valence-electron chi connectivity index (χ4n) is 4.08. The van der Waals surface area contributed by atoms with Gasteiger partial charge in [0, 0.05) is 51.5 Å². The van der Waals surface area contributed by atoms with Crippen LogP contribution < -0.4 is 5.32 Å². The number of anilines is 1. The number of nitrogens with one attached hydrogen (secondary N) is 1. The first-order valence-electron chi connectivity index (χ1n) is 10.7. The molecule has 0 radical (unpaired) electrons. The van der Waals surface area contributed by atoms with Crippen molar-refractivity contribution < 1.29 is 9.59 Å². The van der Waals surface area contributed by atoms with E-state index in [1.807, 2.05) is 4.90 Å². The van der Waals surface area contributed by atoms with Gasteiger partial charge in [-0.05, 0) is 18.8 Å². The molecule has 0 atom stereocenters. The molecule has 1 saturated heterocycles. The third kappa shape index (κ3) is 6.24. The van der Waals surface area contributed by atoms with Crippen molar-refractivity contribution in [1.82, 2.24) is 20.0 Å². The zero-order chi connectivity index (χ0) is 19.9. The molecule has 2 aliphatic rings. The average molecular weight is 408 g/mol. The van der Waals surface area contributed by atoms with Gasteiger partial charge < -0.3 is 10.2 Å². The second-order valence-electron chi connectivity index (χ2n) is 8.36. The first-order valence-corrected chi connectivity index (χ1v) is 11.5. The molecule has 2 heterocycles. The quantitative estimate of drug-likeness (QED) is 0.752. The molecule has 7 nitrogen and oxygen atoms in total. The van der Waals surface area contributed by atoms with Crippen molar-refractivity contribution >= 4 is 28.3 Å². The van der Waals surface area contributed by atoms with E-state index < -0.39 is 0 Å². The largest absolute Gasteiger partial charge is 0.340 e.